The van der Waals surface area contributed by atoms with Crippen LogP contribution in [0.2, 0.25) is 0 Å². The molecule has 0 aromatic heterocycles. The topological polar surface area (TPSA) is 66.0 Å². The van der Waals surface area contributed by atoms with Crippen molar-refractivity contribution < 1.29 is 23.7 Å². The lowest BCUT2D eigenvalue weighted by atomic mass is 10.1. The van der Waals surface area contributed by atoms with Crippen molar-refractivity contribution in [3.8, 4) is 0 Å². The van der Waals surface area contributed by atoms with E-state index >= 15 is 0 Å². The van der Waals surface area contributed by atoms with E-state index in [1.807, 2.05) is 20.8 Å². The van der Waals surface area contributed by atoms with Crippen molar-refractivity contribution in [1.29, 1.82) is 0 Å². The fourth-order valence-corrected chi connectivity index (χ4v) is 1.39. The molecule has 0 saturated heterocycles. The number of amides is 1. The SMILES string of the molecule is CC.CCNC(=O)COCCOCCOCCOCCC(C)C. The Kier molecular flexibility index (Phi) is 22.8. The van der Waals surface area contributed by atoms with E-state index in [0.717, 1.165) is 13.0 Å². The number of carbonyl (C=O) groups excluding carboxylic acids is 1. The second kappa shape index (κ2) is 21.3. The molecule has 0 aliphatic rings. The van der Waals surface area contributed by atoms with Gasteiger partial charge in [0, 0.05) is 13.2 Å². The molecule has 0 spiro atoms. The van der Waals surface area contributed by atoms with Crippen molar-refractivity contribution in [2.45, 2.75) is 41.0 Å². The third-order valence-electron chi connectivity index (χ3n) is 2.56. The Balaban J connectivity index is 0. The molecule has 0 radical (unpaired) electrons. The summed E-state index contributed by atoms with van der Waals surface area (Å²) < 4.78 is 21.2. The maximum atomic E-state index is 11.1. The Bertz CT molecular complexity index is 237. The van der Waals surface area contributed by atoms with Gasteiger partial charge < -0.3 is 24.3 Å². The molecule has 0 aliphatic heterocycles. The molecule has 140 valence electrons. The maximum absolute atomic E-state index is 11.1. The standard InChI is InChI=1S/C15H31NO5.C2H6/c1-4-16-15(17)13-21-12-11-20-10-9-19-8-7-18-6-5-14(2)3;1-2/h14H,4-13H2,1-3H3,(H,16,17);1-2H3. The summed E-state index contributed by atoms with van der Waals surface area (Å²) >= 11 is 0. The molecule has 0 bridgehead atoms. The predicted octanol–water partition coefficient (Wildman–Crippen LogP) is 2.26. The maximum Gasteiger partial charge on any atom is 0.245 e. The summed E-state index contributed by atoms with van der Waals surface area (Å²) in [6.45, 7) is 14.9. The van der Waals surface area contributed by atoms with E-state index in [1.165, 1.54) is 0 Å². The van der Waals surface area contributed by atoms with Crippen LogP contribution in [-0.2, 0) is 23.7 Å². The molecule has 0 aromatic carbocycles. The van der Waals surface area contributed by atoms with Crippen LogP contribution in [0.15, 0.2) is 0 Å². The van der Waals surface area contributed by atoms with E-state index in [0.29, 0.717) is 52.1 Å². The quantitative estimate of drug-likeness (QED) is 0.465. The second-order valence-corrected chi connectivity index (χ2v) is 5.03. The Morgan fingerprint density at radius 1 is 0.826 bits per heavy atom. The van der Waals surface area contributed by atoms with E-state index in [2.05, 4.69) is 19.2 Å². The van der Waals surface area contributed by atoms with Crippen LogP contribution in [0, 0.1) is 5.92 Å². The molecular formula is C17H37NO5. The zero-order valence-corrected chi connectivity index (χ0v) is 15.7. The van der Waals surface area contributed by atoms with E-state index in [-0.39, 0.29) is 12.5 Å². The monoisotopic (exact) mass is 335 g/mol. The van der Waals surface area contributed by atoms with Gasteiger partial charge in [0.1, 0.15) is 6.61 Å². The van der Waals surface area contributed by atoms with Gasteiger partial charge in [-0.15, -0.1) is 0 Å². The molecule has 6 heteroatoms. The molecule has 23 heavy (non-hydrogen) atoms. The van der Waals surface area contributed by atoms with Gasteiger partial charge in [-0.25, -0.2) is 0 Å². The fourth-order valence-electron chi connectivity index (χ4n) is 1.39. The average molecular weight is 335 g/mol. The van der Waals surface area contributed by atoms with Crippen LogP contribution >= 0.6 is 0 Å². The zero-order chi connectivity index (χ0) is 17.8. The van der Waals surface area contributed by atoms with Gasteiger partial charge in [-0.05, 0) is 19.3 Å². The highest BCUT2D eigenvalue weighted by atomic mass is 16.6. The van der Waals surface area contributed by atoms with Gasteiger partial charge in [-0.2, -0.15) is 0 Å². The lowest BCUT2D eigenvalue weighted by Gasteiger charge is -2.08. The number of hydrogen-bond acceptors (Lipinski definition) is 5. The summed E-state index contributed by atoms with van der Waals surface area (Å²) in [6, 6.07) is 0. The number of hydrogen-bond donors (Lipinski definition) is 1. The molecule has 0 heterocycles. The van der Waals surface area contributed by atoms with Crippen LogP contribution in [0.25, 0.3) is 0 Å². The minimum absolute atomic E-state index is 0.0847. The summed E-state index contributed by atoms with van der Waals surface area (Å²) in [7, 11) is 0. The third kappa shape index (κ3) is 23.7. The molecule has 1 amide bonds. The average Bonchev–Trinajstić information content (AvgIpc) is 2.53. The number of likely N-dealkylation sites (N-methyl/N-ethyl adjacent to an activating group) is 1. The molecule has 0 unspecified atom stereocenters. The molecule has 0 saturated carbocycles. The van der Waals surface area contributed by atoms with E-state index in [1.54, 1.807) is 0 Å². The fraction of sp³-hybridized carbons (Fsp3) is 0.941. The van der Waals surface area contributed by atoms with Crippen molar-refractivity contribution in [2.75, 3.05) is 59.4 Å². The zero-order valence-electron chi connectivity index (χ0n) is 15.7. The van der Waals surface area contributed by atoms with Gasteiger partial charge in [0.05, 0.1) is 39.6 Å². The molecule has 0 rings (SSSR count). The van der Waals surface area contributed by atoms with Crippen LogP contribution < -0.4 is 5.32 Å². The number of rotatable bonds is 15. The van der Waals surface area contributed by atoms with Crippen LogP contribution in [0.5, 0.6) is 0 Å². The number of nitrogens with one attached hydrogen (secondary N) is 1. The molecule has 6 nitrogen and oxygen atoms in total. The summed E-state index contributed by atoms with van der Waals surface area (Å²) in [4.78, 5) is 11.1. The molecule has 0 aromatic rings. The van der Waals surface area contributed by atoms with Gasteiger partial charge in [-0.1, -0.05) is 27.7 Å². The number of ether oxygens (including phenoxy) is 4. The highest BCUT2D eigenvalue weighted by Gasteiger charge is 1.98. The van der Waals surface area contributed by atoms with Gasteiger partial charge in [0.2, 0.25) is 5.91 Å². The summed E-state index contributed by atoms with van der Waals surface area (Å²) in [5.41, 5.74) is 0. The van der Waals surface area contributed by atoms with Gasteiger partial charge in [0.25, 0.3) is 0 Å². The van der Waals surface area contributed by atoms with Crippen molar-refractivity contribution >= 4 is 5.91 Å². The molecule has 0 atom stereocenters. The van der Waals surface area contributed by atoms with E-state index < -0.39 is 0 Å². The Hall–Kier alpha value is -0.690. The van der Waals surface area contributed by atoms with E-state index in [4.69, 9.17) is 18.9 Å². The first kappa shape index (κ1) is 24.6. The van der Waals surface area contributed by atoms with Crippen LogP contribution in [0.1, 0.15) is 41.0 Å². The molecular weight excluding hydrogens is 298 g/mol. The van der Waals surface area contributed by atoms with Gasteiger partial charge in [0.15, 0.2) is 0 Å². The first-order valence-corrected chi connectivity index (χ1v) is 8.74. The second-order valence-electron chi connectivity index (χ2n) is 5.03. The minimum Gasteiger partial charge on any atom is -0.379 e. The molecule has 0 fully saturated rings. The Morgan fingerprint density at radius 2 is 1.26 bits per heavy atom. The first-order valence-electron chi connectivity index (χ1n) is 8.74. The summed E-state index contributed by atoms with van der Waals surface area (Å²) in [5, 5.41) is 2.65. The van der Waals surface area contributed by atoms with E-state index in [9.17, 15) is 4.79 Å². The van der Waals surface area contributed by atoms with Crippen LogP contribution in [-0.4, -0.2) is 65.3 Å². The third-order valence-corrected chi connectivity index (χ3v) is 2.56. The summed E-state index contributed by atoms with van der Waals surface area (Å²) in [6.07, 6.45) is 1.08. The van der Waals surface area contributed by atoms with Crippen LogP contribution in [0.4, 0.5) is 0 Å². The number of carbonyl (C=O) groups is 1. The smallest absolute Gasteiger partial charge is 0.245 e. The summed E-state index contributed by atoms with van der Waals surface area (Å²) in [5.74, 6) is 0.577. The van der Waals surface area contributed by atoms with Gasteiger partial charge in [-0.3, -0.25) is 4.79 Å². The Morgan fingerprint density at radius 3 is 1.70 bits per heavy atom. The Labute approximate surface area is 142 Å². The largest absolute Gasteiger partial charge is 0.379 e. The first-order chi connectivity index (χ1) is 11.2. The molecule has 0 aliphatic carbocycles. The lowest BCUT2D eigenvalue weighted by molar-refractivity contribution is -0.126. The van der Waals surface area contributed by atoms with Crippen LogP contribution in [0.3, 0.4) is 0 Å². The normalized spacial score (nSPS) is 10.3. The van der Waals surface area contributed by atoms with Crippen molar-refractivity contribution in [2.24, 2.45) is 5.92 Å². The molecule has 1 N–H and O–H groups in total. The van der Waals surface area contributed by atoms with Gasteiger partial charge >= 0.3 is 0 Å². The van der Waals surface area contributed by atoms with Crippen molar-refractivity contribution in [1.82, 2.24) is 5.32 Å². The lowest BCUT2D eigenvalue weighted by Crippen LogP contribution is -2.27. The highest BCUT2D eigenvalue weighted by Crippen LogP contribution is 1.98. The predicted molar refractivity (Wildman–Crippen MR) is 92.8 cm³/mol. The highest BCUT2D eigenvalue weighted by molar-refractivity contribution is 5.77. The van der Waals surface area contributed by atoms with Crippen molar-refractivity contribution in [3.63, 3.8) is 0 Å². The van der Waals surface area contributed by atoms with Crippen molar-refractivity contribution in [3.05, 3.63) is 0 Å². The minimum atomic E-state index is -0.0988.